The van der Waals surface area contributed by atoms with Crippen molar-refractivity contribution in [1.82, 2.24) is 9.88 Å². The molecule has 0 spiro atoms. The summed E-state index contributed by atoms with van der Waals surface area (Å²) in [6.07, 6.45) is 56.7. The molecule has 0 bridgehead atoms. The second-order valence-electron chi connectivity index (χ2n) is 15.5. The van der Waals surface area contributed by atoms with E-state index in [1.54, 1.807) is 0 Å². The second-order valence-corrected chi connectivity index (χ2v) is 15.5. The number of rotatable bonds is 35. The van der Waals surface area contributed by atoms with Crippen LogP contribution in [0.15, 0.2) is 73.1 Å². The van der Waals surface area contributed by atoms with Crippen LogP contribution >= 0.6 is 0 Å². The highest BCUT2D eigenvalue weighted by atomic mass is 16.7. The van der Waals surface area contributed by atoms with E-state index in [-0.39, 0.29) is 11.9 Å². The van der Waals surface area contributed by atoms with Crippen LogP contribution in [0.25, 0.3) is 0 Å². The number of hydrogen-bond acceptors (Lipinski definition) is 4. The average molecular weight is 719 g/mol. The minimum atomic E-state index is -0.364. The Morgan fingerprint density at radius 1 is 0.654 bits per heavy atom. The Labute approximate surface area is 323 Å². The van der Waals surface area contributed by atoms with Crippen LogP contribution in [0.5, 0.6) is 0 Å². The minimum absolute atomic E-state index is 0.200. The number of nitrogens with zero attached hydrogens (tertiary/aromatic N) is 2. The van der Waals surface area contributed by atoms with E-state index in [0.29, 0.717) is 0 Å². The molecule has 4 heteroatoms. The molecule has 2 rings (SSSR count). The predicted molar refractivity (Wildman–Crippen MR) is 227 cm³/mol. The van der Waals surface area contributed by atoms with Crippen LogP contribution in [0, 0.1) is 0 Å². The fourth-order valence-corrected chi connectivity index (χ4v) is 7.16. The number of allylic oxidation sites excluding steroid dienone is 8. The largest absolute Gasteiger partial charge is 0.347 e. The summed E-state index contributed by atoms with van der Waals surface area (Å²) < 4.78 is 13.4. The van der Waals surface area contributed by atoms with Gasteiger partial charge in [0.25, 0.3) is 0 Å². The molecule has 4 nitrogen and oxygen atoms in total. The van der Waals surface area contributed by atoms with Gasteiger partial charge in [0.2, 0.25) is 0 Å². The van der Waals surface area contributed by atoms with Crippen molar-refractivity contribution in [3.05, 3.63) is 78.7 Å². The average Bonchev–Trinajstić information content (AvgIpc) is 3.57. The molecular weight excluding hydrogens is 637 g/mol. The number of aromatic nitrogens is 1. The maximum atomic E-state index is 6.81. The molecule has 0 saturated carbocycles. The van der Waals surface area contributed by atoms with E-state index >= 15 is 0 Å². The zero-order valence-corrected chi connectivity index (χ0v) is 34.4. The zero-order valence-electron chi connectivity index (χ0n) is 34.4. The quantitative estimate of drug-likeness (QED) is 0.0517. The van der Waals surface area contributed by atoms with Crippen LogP contribution in [0.1, 0.15) is 193 Å². The van der Waals surface area contributed by atoms with Gasteiger partial charge >= 0.3 is 0 Å². The number of hydrogen-bond donors (Lipinski definition) is 0. The first-order valence-electron chi connectivity index (χ1n) is 22.2. The highest BCUT2D eigenvalue weighted by Crippen LogP contribution is 2.35. The van der Waals surface area contributed by atoms with Gasteiger partial charge in [-0.2, -0.15) is 0 Å². The molecule has 1 aromatic heterocycles. The molecule has 2 heterocycles. The van der Waals surface area contributed by atoms with E-state index in [0.717, 1.165) is 51.8 Å². The van der Waals surface area contributed by atoms with Crippen molar-refractivity contribution in [2.45, 2.75) is 206 Å². The Balaban J connectivity index is 1.62. The lowest BCUT2D eigenvalue weighted by Gasteiger charge is -2.29. The molecule has 1 atom stereocenters. The molecule has 1 fully saturated rings. The zero-order chi connectivity index (χ0) is 37.1. The Morgan fingerprint density at radius 3 is 1.62 bits per heavy atom. The lowest BCUT2D eigenvalue weighted by atomic mass is 9.98. The predicted octanol–water partition coefficient (Wildman–Crippen LogP) is 14.4. The summed E-state index contributed by atoms with van der Waals surface area (Å²) in [5, 5.41) is 0. The molecule has 1 unspecified atom stereocenters. The Hall–Kier alpha value is -2.01. The molecule has 52 heavy (non-hydrogen) atoms. The van der Waals surface area contributed by atoms with Crippen molar-refractivity contribution in [2.24, 2.45) is 0 Å². The Bertz CT molecular complexity index is 984. The van der Waals surface area contributed by atoms with Crippen LogP contribution in [-0.2, 0) is 16.0 Å². The van der Waals surface area contributed by atoms with Gasteiger partial charge in [0, 0.05) is 38.3 Å². The maximum Gasteiger partial charge on any atom is 0.168 e. The molecule has 1 aliphatic rings. The van der Waals surface area contributed by atoms with Gasteiger partial charge in [-0.1, -0.05) is 146 Å². The fourth-order valence-electron chi connectivity index (χ4n) is 7.16. The topological polar surface area (TPSA) is 34.6 Å². The van der Waals surface area contributed by atoms with Crippen molar-refractivity contribution in [3.63, 3.8) is 0 Å². The summed E-state index contributed by atoms with van der Waals surface area (Å²) in [6.45, 7) is 7.21. The highest BCUT2D eigenvalue weighted by molar-refractivity contribution is 5.07. The molecule has 1 saturated heterocycles. The number of pyridine rings is 1. The first-order chi connectivity index (χ1) is 25.7. The lowest BCUT2D eigenvalue weighted by molar-refractivity contribution is -0.180. The van der Waals surface area contributed by atoms with Crippen molar-refractivity contribution in [3.8, 4) is 0 Å². The maximum absolute atomic E-state index is 6.81. The molecule has 0 amide bonds. The van der Waals surface area contributed by atoms with Gasteiger partial charge in [0.05, 0.1) is 12.7 Å². The van der Waals surface area contributed by atoms with Crippen LogP contribution in [0.4, 0.5) is 0 Å². The van der Waals surface area contributed by atoms with Crippen LogP contribution in [0.3, 0.4) is 0 Å². The molecule has 296 valence electrons. The lowest BCUT2D eigenvalue weighted by Crippen LogP contribution is -2.32. The summed E-state index contributed by atoms with van der Waals surface area (Å²) in [6, 6.07) is 4.18. The number of ether oxygens (including phenoxy) is 2. The van der Waals surface area contributed by atoms with Crippen molar-refractivity contribution in [2.75, 3.05) is 20.2 Å². The van der Waals surface area contributed by atoms with Crippen molar-refractivity contribution in [1.29, 1.82) is 0 Å². The molecule has 0 aromatic carbocycles. The van der Waals surface area contributed by atoms with E-state index in [2.05, 4.69) is 85.5 Å². The van der Waals surface area contributed by atoms with Crippen molar-refractivity contribution >= 4 is 0 Å². The SMILES string of the molecule is CCCCC/C=C\C/C=C\CCCCCCCCC1(CCCCCCCC/C=C\C/C=C\CCCCC)OCC(CCN(C)Cc2cccnc2)O1. The summed E-state index contributed by atoms with van der Waals surface area (Å²) in [4.78, 5) is 6.66. The Kier molecular flexibility index (Phi) is 29.8. The van der Waals surface area contributed by atoms with Gasteiger partial charge in [-0.05, 0) is 102 Å². The van der Waals surface area contributed by atoms with Gasteiger partial charge in [0.15, 0.2) is 5.79 Å². The summed E-state index contributed by atoms with van der Waals surface area (Å²) in [7, 11) is 2.20. The standard InChI is InChI=1S/C48H82N2O2/c1-4-6-8-10-12-14-16-18-20-22-24-26-28-30-32-34-39-48(51-45-47(52-48)38-42-50(3)44-46-37-36-41-49-43-46)40-35-33-31-29-27-25-23-21-19-17-15-13-11-9-7-5-2/h12-15,18-21,36-37,41,43,47H,4-11,16-17,22-35,38-40,42,44-45H2,1-3H3/b14-12-,15-13-,20-18-,21-19-. The van der Waals surface area contributed by atoms with E-state index < -0.39 is 0 Å². The second kappa shape index (κ2) is 33.6. The van der Waals surface area contributed by atoms with Gasteiger partial charge in [0.1, 0.15) is 0 Å². The van der Waals surface area contributed by atoms with Gasteiger partial charge in [-0.3, -0.25) is 4.98 Å². The summed E-state index contributed by atoms with van der Waals surface area (Å²) >= 11 is 0. The van der Waals surface area contributed by atoms with E-state index in [1.165, 1.54) is 147 Å². The van der Waals surface area contributed by atoms with Gasteiger partial charge in [-0.15, -0.1) is 0 Å². The van der Waals surface area contributed by atoms with Crippen molar-refractivity contribution < 1.29 is 9.47 Å². The minimum Gasteiger partial charge on any atom is -0.347 e. The normalized spacial score (nSPS) is 16.3. The third kappa shape index (κ3) is 25.9. The monoisotopic (exact) mass is 719 g/mol. The van der Waals surface area contributed by atoms with Crippen LogP contribution in [-0.4, -0.2) is 42.0 Å². The Morgan fingerprint density at radius 2 is 1.13 bits per heavy atom. The molecule has 1 aromatic rings. The molecule has 1 aliphatic heterocycles. The van der Waals surface area contributed by atoms with Gasteiger partial charge in [-0.25, -0.2) is 0 Å². The third-order valence-electron chi connectivity index (χ3n) is 10.4. The molecule has 0 radical (unpaired) electrons. The third-order valence-corrected chi connectivity index (χ3v) is 10.4. The summed E-state index contributed by atoms with van der Waals surface area (Å²) in [5.41, 5.74) is 1.26. The van der Waals surface area contributed by atoms with Gasteiger partial charge < -0.3 is 14.4 Å². The fraction of sp³-hybridized carbons (Fsp3) is 0.729. The van der Waals surface area contributed by atoms with Crippen LogP contribution < -0.4 is 0 Å². The van der Waals surface area contributed by atoms with E-state index in [9.17, 15) is 0 Å². The smallest absolute Gasteiger partial charge is 0.168 e. The van der Waals surface area contributed by atoms with E-state index in [4.69, 9.17) is 9.47 Å². The van der Waals surface area contributed by atoms with Crippen LogP contribution in [0.2, 0.25) is 0 Å². The first-order valence-corrected chi connectivity index (χ1v) is 22.2. The van der Waals surface area contributed by atoms with E-state index in [1.807, 2.05) is 18.5 Å². The number of unbranched alkanes of at least 4 members (excludes halogenated alkanes) is 18. The highest BCUT2D eigenvalue weighted by Gasteiger charge is 2.40. The molecule has 0 N–H and O–H groups in total. The first kappa shape index (κ1) is 46.1. The molecular formula is C48H82N2O2. The summed E-state index contributed by atoms with van der Waals surface area (Å²) in [5.74, 6) is -0.364. The molecule has 0 aliphatic carbocycles.